The van der Waals surface area contributed by atoms with Crippen molar-refractivity contribution in [3.05, 3.63) is 0 Å². The molecule has 8 nitrogen and oxygen atoms in total. The molecule has 2 N–H and O–H groups in total. The van der Waals surface area contributed by atoms with Crippen molar-refractivity contribution >= 4 is 89.3 Å². The Bertz CT molecular complexity index is 171. The quantitative estimate of drug-likeness (QED) is 0.372. The number of carboxylic acid groups (broad SMARTS) is 1. The van der Waals surface area contributed by atoms with Crippen LogP contribution in [0.4, 0.5) is 0 Å². The van der Waals surface area contributed by atoms with E-state index in [1.807, 2.05) is 0 Å². The summed E-state index contributed by atoms with van der Waals surface area (Å²) in [5, 5.41) is 25.3. The van der Waals surface area contributed by atoms with Crippen LogP contribution in [0.5, 0.6) is 0 Å². The average molecular weight is 280 g/mol. The zero-order valence-electron chi connectivity index (χ0n) is 6.99. The second kappa shape index (κ2) is 13.1. The largest absolute Gasteiger partial charge is 2.00 e. The van der Waals surface area contributed by atoms with E-state index >= 15 is 0 Å². The van der Waals surface area contributed by atoms with Gasteiger partial charge >= 0.3 is 75.5 Å². The molecule has 0 aliphatic rings. The Hall–Kier alpha value is 2.02. The van der Waals surface area contributed by atoms with Crippen LogP contribution in [0.15, 0.2) is 0 Å². The maximum atomic E-state index is 9.41. The first-order chi connectivity index (χ1) is 5.18. The van der Waals surface area contributed by atoms with Gasteiger partial charge in [0, 0.05) is 0 Å². The van der Waals surface area contributed by atoms with Crippen LogP contribution in [0.3, 0.4) is 0 Å². The Morgan fingerprint density at radius 1 is 1.29 bits per heavy atom. The smallest absolute Gasteiger partial charge is 0.822 e. The van der Waals surface area contributed by atoms with Crippen LogP contribution in [-0.2, 0) is 9.36 Å². The maximum Gasteiger partial charge on any atom is 2.00 e. The molecule has 0 amide bonds. The van der Waals surface area contributed by atoms with Crippen LogP contribution in [0, 0.1) is 0 Å². The van der Waals surface area contributed by atoms with E-state index < -0.39 is 26.5 Å². The molecular formula is C3H5Ca2O8P. The van der Waals surface area contributed by atoms with Gasteiger partial charge in [-0.3, -0.25) is 0 Å². The minimum Gasteiger partial charge on any atom is -0.822 e. The van der Waals surface area contributed by atoms with E-state index in [1.54, 1.807) is 0 Å². The van der Waals surface area contributed by atoms with Crippen molar-refractivity contribution in [1.82, 2.24) is 0 Å². The van der Waals surface area contributed by atoms with E-state index in [0.29, 0.717) is 0 Å². The second-order valence-corrected chi connectivity index (χ2v) is 2.36. The number of carbonyl (C=O) groups excluding carboxylic acids is 1. The summed E-state index contributed by atoms with van der Waals surface area (Å²) in [4.78, 5) is 35.1. The molecule has 11 heteroatoms. The van der Waals surface area contributed by atoms with Crippen molar-refractivity contribution in [2.24, 2.45) is 0 Å². The Balaban J connectivity index is -0.0000000651. The molecule has 0 bridgehead atoms. The van der Waals surface area contributed by atoms with Gasteiger partial charge in [0.05, 0.1) is 12.6 Å². The Labute approximate surface area is 139 Å². The number of hydrogen-bond acceptors (Lipinski definition) is 8. The molecule has 0 fully saturated rings. The first-order valence-corrected chi connectivity index (χ1v) is 3.87. The SMILES string of the molecule is O=C([O-])C(O)CO.O=P([O-])([O-])[O-].[Ca+2].[Ca+2]. The Morgan fingerprint density at radius 2 is 1.50 bits per heavy atom. The number of aliphatic hydroxyl groups excluding tert-OH is 2. The molecular weight excluding hydrogens is 275 g/mol. The van der Waals surface area contributed by atoms with Crippen molar-refractivity contribution in [1.29, 1.82) is 0 Å². The van der Waals surface area contributed by atoms with Gasteiger partial charge in [0.1, 0.15) is 6.10 Å². The number of hydrogen-bond donors (Lipinski definition) is 2. The molecule has 1 atom stereocenters. The zero-order valence-corrected chi connectivity index (χ0v) is 12.3. The minimum absolute atomic E-state index is 0. The summed E-state index contributed by atoms with van der Waals surface area (Å²) in [5.74, 6) is -1.65. The molecule has 0 aromatic heterocycles. The third-order valence-corrected chi connectivity index (χ3v) is 0.445. The molecule has 0 heterocycles. The van der Waals surface area contributed by atoms with Gasteiger partial charge in [-0.15, -0.1) is 0 Å². The topological polar surface area (TPSA) is 167 Å². The van der Waals surface area contributed by atoms with Crippen LogP contribution >= 0.6 is 7.82 Å². The number of aliphatic carboxylic acids is 1. The third-order valence-electron chi connectivity index (χ3n) is 0.445. The van der Waals surface area contributed by atoms with Gasteiger partial charge < -0.3 is 39.4 Å². The van der Waals surface area contributed by atoms with Crippen LogP contribution in [0.25, 0.3) is 0 Å². The van der Waals surface area contributed by atoms with Gasteiger partial charge in [-0.25, -0.2) is 0 Å². The first kappa shape index (κ1) is 25.0. The van der Waals surface area contributed by atoms with Crippen molar-refractivity contribution in [2.75, 3.05) is 6.61 Å². The van der Waals surface area contributed by atoms with Crippen LogP contribution in [0.2, 0.25) is 0 Å². The molecule has 0 saturated heterocycles. The Morgan fingerprint density at radius 3 is 1.50 bits per heavy atom. The van der Waals surface area contributed by atoms with Gasteiger partial charge in [0.15, 0.2) is 0 Å². The maximum absolute atomic E-state index is 9.41. The fourth-order valence-electron chi connectivity index (χ4n) is 0.0745. The van der Waals surface area contributed by atoms with Crippen molar-refractivity contribution in [2.45, 2.75) is 6.10 Å². The third kappa shape index (κ3) is 37.0. The summed E-state index contributed by atoms with van der Waals surface area (Å²) in [6.45, 7) is -0.789. The van der Waals surface area contributed by atoms with Gasteiger partial charge in [-0.05, 0) is 0 Å². The molecule has 0 radical (unpaired) electrons. The zero-order chi connectivity index (χ0) is 10.4. The molecule has 0 aliphatic heterocycles. The number of rotatable bonds is 2. The molecule has 1 unspecified atom stereocenters. The number of carbonyl (C=O) groups is 1. The predicted molar refractivity (Wildman–Crippen MR) is 37.2 cm³/mol. The van der Waals surface area contributed by atoms with Crippen molar-refractivity contribution in [3.8, 4) is 0 Å². The summed E-state index contributed by atoms with van der Waals surface area (Å²) in [6.07, 6.45) is -1.74. The van der Waals surface area contributed by atoms with E-state index in [-0.39, 0.29) is 75.5 Å². The predicted octanol–water partition coefficient (Wildman–Crippen LogP) is -6.50. The van der Waals surface area contributed by atoms with Gasteiger partial charge in [-0.1, -0.05) is 0 Å². The minimum atomic E-state index is -5.39. The monoisotopic (exact) mass is 280 g/mol. The summed E-state index contributed by atoms with van der Waals surface area (Å²) < 4.78 is 8.55. The van der Waals surface area contributed by atoms with Crippen LogP contribution in [0.1, 0.15) is 0 Å². The standard InChI is InChI=1S/C3H6O4.2Ca.H3O4P/c4-1-2(5)3(6)7;;;1-5(2,3)4/h2,4-5H,1H2,(H,6,7);;;(H3,1,2,3,4)/q;2*+2;/p-4. The molecule has 0 spiro atoms. The van der Waals surface area contributed by atoms with E-state index in [9.17, 15) is 9.90 Å². The second-order valence-electron chi connectivity index (χ2n) is 1.46. The summed E-state index contributed by atoms with van der Waals surface area (Å²) >= 11 is 0. The van der Waals surface area contributed by atoms with Gasteiger partial charge in [-0.2, -0.15) is 7.82 Å². The summed E-state index contributed by atoms with van der Waals surface area (Å²) in [7, 11) is -5.39. The van der Waals surface area contributed by atoms with Crippen molar-refractivity contribution in [3.63, 3.8) is 0 Å². The van der Waals surface area contributed by atoms with Crippen LogP contribution in [-0.4, -0.2) is 104 Å². The molecule has 0 aliphatic carbocycles. The van der Waals surface area contributed by atoms with E-state index in [1.165, 1.54) is 0 Å². The van der Waals surface area contributed by atoms with Crippen molar-refractivity contribution < 1.29 is 39.4 Å². The molecule has 0 saturated carbocycles. The molecule has 0 aromatic carbocycles. The normalized spacial score (nSPS) is 10.9. The van der Waals surface area contributed by atoms with Crippen LogP contribution < -0.4 is 19.8 Å². The fraction of sp³-hybridized carbons (Fsp3) is 0.667. The fourth-order valence-corrected chi connectivity index (χ4v) is 0.0745. The molecule has 14 heavy (non-hydrogen) atoms. The molecule has 0 rings (SSSR count). The average Bonchev–Trinajstić information content (AvgIpc) is 1.82. The number of carboxylic acids is 1. The molecule has 74 valence electrons. The number of phosphoric acid groups is 1. The van der Waals surface area contributed by atoms with Gasteiger partial charge in [0.2, 0.25) is 0 Å². The summed E-state index contributed by atoms with van der Waals surface area (Å²) in [5.41, 5.74) is 0. The van der Waals surface area contributed by atoms with E-state index in [2.05, 4.69) is 0 Å². The molecule has 0 aromatic rings. The first-order valence-electron chi connectivity index (χ1n) is 2.41. The Kier molecular flexibility index (Phi) is 23.4. The van der Waals surface area contributed by atoms with Gasteiger partial charge in [0.25, 0.3) is 0 Å². The number of aliphatic hydroxyl groups is 2. The van der Waals surface area contributed by atoms with E-state index in [0.717, 1.165) is 0 Å². The van der Waals surface area contributed by atoms with E-state index in [4.69, 9.17) is 29.5 Å². The summed E-state index contributed by atoms with van der Waals surface area (Å²) in [6, 6.07) is 0.